The van der Waals surface area contributed by atoms with Gasteiger partial charge in [-0.25, -0.2) is 0 Å². The fourth-order valence-electron chi connectivity index (χ4n) is 5.67. The van der Waals surface area contributed by atoms with Gasteiger partial charge in [0, 0.05) is 12.8 Å². The van der Waals surface area contributed by atoms with E-state index in [0.717, 1.165) is 83.5 Å². The van der Waals surface area contributed by atoms with Crippen LogP contribution in [0.15, 0.2) is 72.9 Å². The molecular formula is C48H84NO8P. The lowest BCUT2D eigenvalue weighted by molar-refractivity contribution is -0.870. The molecule has 0 aromatic heterocycles. The van der Waals surface area contributed by atoms with Gasteiger partial charge in [0.05, 0.1) is 27.7 Å². The fraction of sp³-hybridized carbons (Fsp3) is 0.708. The molecule has 0 aliphatic rings. The topological polar surface area (TPSA) is 111 Å². The molecule has 58 heavy (non-hydrogen) atoms. The summed E-state index contributed by atoms with van der Waals surface area (Å²) in [6.07, 6.45) is 49.2. The van der Waals surface area contributed by atoms with E-state index in [0.29, 0.717) is 23.9 Å². The second-order valence-corrected chi connectivity index (χ2v) is 17.4. The number of nitrogens with zero attached hydrogens (tertiary/aromatic N) is 1. The third kappa shape index (κ3) is 43.0. The Morgan fingerprint density at radius 2 is 0.983 bits per heavy atom. The number of phosphoric acid groups is 1. The number of ether oxygens (including phenoxy) is 2. The summed E-state index contributed by atoms with van der Waals surface area (Å²) in [5.41, 5.74) is 0. The van der Waals surface area contributed by atoms with Gasteiger partial charge in [-0.15, -0.1) is 0 Å². The van der Waals surface area contributed by atoms with Gasteiger partial charge in [0.1, 0.15) is 19.8 Å². The molecular weight excluding hydrogens is 750 g/mol. The van der Waals surface area contributed by atoms with Crippen LogP contribution in [-0.4, -0.2) is 70.0 Å². The first-order chi connectivity index (χ1) is 28.0. The largest absolute Gasteiger partial charge is 0.756 e. The molecule has 0 N–H and O–H groups in total. The predicted molar refractivity (Wildman–Crippen MR) is 240 cm³/mol. The smallest absolute Gasteiger partial charge is 0.306 e. The average Bonchev–Trinajstić information content (AvgIpc) is 3.17. The Bertz CT molecular complexity index is 1220. The third-order valence-electron chi connectivity index (χ3n) is 9.21. The molecule has 9 nitrogen and oxygen atoms in total. The number of carbonyl (C=O) groups excluding carboxylic acids is 2. The Morgan fingerprint density at radius 3 is 1.47 bits per heavy atom. The molecule has 0 heterocycles. The Balaban J connectivity index is 4.41. The molecule has 0 aromatic rings. The van der Waals surface area contributed by atoms with Gasteiger partial charge < -0.3 is 27.9 Å². The van der Waals surface area contributed by atoms with Gasteiger partial charge in [-0.3, -0.25) is 14.2 Å². The van der Waals surface area contributed by atoms with Crippen LogP contribution in [0.2, 0.25) is 0 Å². The summed E-state index contributed by atoms with van der Waals surface area (Å²) >= 11 is 0. The zero-order chi connectivity index (χ0) is 42.8. The van der Waals surface area contributed by atoms with E-state index in [1.807, 2.05) is 21.1 Å². The molecule has 0 fully saturated rings. The van der Waals surface area contributed by atoms with Gasteiger partial charge in [-0.2, -0.15) is 0 Å². The number of unbranched alkanes of at least 4 members (excludes halogenated alkanes) is 14. The summed E-state index contributed by atoms with van der Waals surface area (Å²) in [7, 11) is 1.13. The van der Waals surface area contributed by atoms with Gasteiger partial charge in [0.2, 0.25) is 0 Å². The summed E-state index contributed by atoms with van der Waals surface area (Å²) in [5, 5.41) is 0. The molecule has 0 amide bonds. The molecule has 0 aromatic carbocycles. The molecule has 0 aliphatic carbocycles. The number of rotatable bonds is 40. The van der Waals surface area contributed by atoms with E-state index < -0.39 is 32.5 Å². The van der Waals surface area contributed by atoms with Crippen LogP contribution < -0.4 is 4.89 Å². The number of likely N-dealkylation sites (N-methyl/N-ethyl adjacent to an activating group) is 1. The number of hydrogen-bond acceptors (Lipinski definition) is 8. The fourth-order valence-corrected chi connectivity index (χ4v) is 6.40. The molecule has 2 atom stereocenters. The highest BCUT2D eigenvalue weighted by atomic mass is 31.2. The van der Waals surface area contributed by atoms with E-state index in [-0.39, 0.29) is 26.1 Å². The normalized spacial score (nSPS) is 14.2. The van der Waals surface area contributed by atoms with Crippen LogP contribution in [0.1, 0.15) is 168 Å². The average molecular weight is 834 g/mol. The van der Waals surface area contributed by atoms with Crippen LogP contribution in [0.5, 0.6) is 0 Å². The van der Waals surface area contributed by atoms with Crippen LogP contribution in [0.3, 0.4) is 0 Å². The van der Waals surface area contributed by atoms with Crippen LogP contribution >= 0.6 is 7.82 Å². The van der Waals surface area contributed by atoms with Crippen molar-refractivity contribution in [2.24, 2.45) is 0 Å². The van der Waals surface area contributed by atoms with Gasteiger partial charge in [0.15, 0.2) is 6.10 Å². The lowest BCUT2D eigenvalue weighted by Crippen LogP contribution is -2.37. The van der Waals surface area contributed by atoms with Crippen molar-refractivity contribution in [2.75, 3.05) is 47.5 Å². The minimum atomic E-state index is -4.64. The van der Waals surface area contributed by atoms with E-state index >= 15 is 0 Å². The van der Waals surface area contributed by atoms with Crippen molar-refractivity contribution in [1.82, 2.24) is 0 Å². The van der Waals surface area contributed by atoms with Crippen molar-refractivity contribution in [1.29, 1.82) is 0 Å². The van der Waals surface area contributed by atoms with Crippen LogP contribution in [0.25, 0.3) is 0 Å². The second-order valence-electron chi connectivity index (χ2n) is 16.0. The molecule has 0 radical (unpaired) electrons. The molecule has 10 heteroatoms. The summed E-state index contributed by atoms with van der Waals surface area (Å²) in [6, 6.07) is 0. The molecule has 0 bridgehead atoms. The van der Waals surface area contributed by atoms with E-state index in [4.69, 9.17) is 18.5 Å². The van der Waals surface area contributed by atoms with Crippen molar-refractivity contribution < 1.29 is 42.1 Å². The Morgan fingerprint density at radius 1 is 0.552 bits per heavy atom. The molecule has 0 saturated heterocycles. The molecule has 0 spiro atoms. The summed E-state index contributed by atoms with van der Waals surface area (Å²) in [4.78, 5) is 37.6. The summed E-state index contributed by atoms with van der Waals surface area (Å²) < 4.78 is 33.9. The molecule has 334 valence electrons. The summed E-state index contributed by atoms with van der Waals surface area (Å²) in [6.45, 7) is 4.04. The molecule has 0 aliphatic heterocycles. The minimum absolute atomic E-state index is 0.0410. The van der Waals surface area contributed by atoms with Crippen molar-refractivity contribution in [2.45, 2.75) is 174 Å². The van der Waals surface area contributed by atoms with Crippen molar-refractivity contribution in [3.8, 4) is 0 Å². The third-order valence-corrected chi connectivity index (χ3v) is 10.2. The highest BCUT2D eigenvalue weighted by Crippen LogP contribution is 2.38. The Hall–Kier alpha value is -2.55. The van der Waals surface area contributed by atoms with Crippen LogP contribution in [-0.2, 0) is 32.7 Å². The highest BCUT2D eigenvalue weighted by molar-refractivity contribution is 7.45. The standard InChI is InChI=1S/C48H84NO8P/c1-6-8-10-12-14-16-18-20-22-24-26-28-30-32-34-36-38-40-47(50)54-44-46(45-56-58(52,53)55-43-42-49(3,4)5)57-48(51)41-39-37-35-33-31-29-27-25-23-21-19-17-15-13-11-9-7-2/h9,11,14-17,20-23,27,29,46H,6-8,10,12-13,18-19,24-26,28,30-45H2,1-5H3/b11-9-,16-14-,17-15-,22-20-,23-21-,29-27-. The molecule has 0 saturated carbocycles. The SMILES string of the molecule is CC/C=C\C/C=C\C/C=C\C/C=C\CCCCCCC(=O)OC(COC(=O)CCCCCCCCC/C=C\C/C=C\CCCCC)COP(=O)([O-])OCC[N+](C)(C)C. The van der Waals surface area contributed by atoms with Crippen LogP contribution in [0, 0.1) is 0 Å². The lowest BCUT2D eigenvalue weighted by atomic mass is 10.1. The van der Waals surface area contributed by atoms with Crippen molar-refractivity contribution in [3.63, 3.8) is 0 Å². The number of hydrogen-bond donors (Lipinski definition) is 0. The maximum Gasteiger partial charge on any atom is 0.306 e. The van der Waals surface area contributed by atoms with E-state index in [9.17, 15) is 19.0 Å². The maximum absolute atomic E-state index is 12.7. The number of carbonyl (C=O) groups is 2. The first-order valence-corrected chi connectivity index (χ1v) is 24.1. The minimum Gasteiger partial charge on any atom is -0.756 e. The zero-order valence-electron chi connectivity index (χ0n) is 37.5. The second kappa shape index (κ2) is 39.9. The van der Waals surface area contributed by atoms with Crippen LogP contribution in [0.4, 0.5) is 0 Å². The maximum atomic E-state index is 12.7. The number of allylic oxidation sites excluding steroid dienone is 12. The number of quaternary nitrogens is 1. The first-order valence-electron chi connectivity index (χ1n) is 22.6. The zero-order valence-corrected chi connectivity index (χ0v) is 38.4. The Kier molecular flexibility index (Phi) is 38.1. The predicted octanol–water partition coefficient (Wildman–Crippen LogP) is 12.4. The van der Waals surface area contributed by atoms with E-state index in [1.54, 1.807) is 0 Å². The van der Waals surface area contributed by atoms with Gasteiger partial charge in [0.25, 0.3) is 7.82 Å². The van der Waals surface area contributed by atoms with Crippen molar-refractivity contribution >= 4 is 19.8 Å². The summed E-state index contributed by atoms with van der Waals surface area (Å²) in [5.74, 6) is -0.877. The quantitative estimate of drug-likeness (QED) is 0.0197. The lowest BCUT2D eigenvalue weighted by Gasteiger charge is -2.28. The number of phosphoric ester groups is 1. The Labute approximate surface area is 355 Å². The van der Waals surface area contributed by atoms with E-state index in [1.165, 1.54) is 44.9 Å². The first kappa shape index (κ1) is 55.5. The molecule has 0 rings (SSSR count). The van der Waals surface area contributed by atoms with Gasteiger partial charge in [-0.1, -0.05) is 145 Å². The van der Waals surface area contributed by atoms with Gasteiger partial charge >= 0.3 is 11.9 Å². The van der Waals surface area contributed by atoms with Crippen molar-refractivity contribution in [3.05, 3.63) is 72.9 Å². The highest BCUT2D eigenvalue weighted by Gasteiger charge is 2.21. The van der Waals surface area contributed by atoms with E-state index in [2.05, 4.69) is 86.8 Å². The van der Waals surface area contributed by atoms with Gasteiger partial charge in [-0.05, 0) is 83.5 Å². The molecule has 2 unspecified atom stereocenters. The number of esters is 2. The monoisotopic (exact) mass is 834 g/mol.